The highest BCUT2D eigenvalue weighted by Gasteiger charge is 2.20. The number of nitrogens with zero attached hydrogens (tertiary/aromatic N) is 1. The van der Waals surface area contributed by atoms with Crippen molar-refractivity contribution in [1.82, 2.24) is 5.32 Å². The molecule has 1 atom stereocenters. The number of carbonyl (C=O) groups is 1. The molecule has 0 bridgehead atoms. The van der Waals surface area contributed by atoms with Gasteiger partial charge in [0.1, 0.15) is 0 Å². The zero-order chi connectivity index (χ0) is 13.1. The summed E-state index contributed by atoms with van der Waals surface area (Å²) in [7, 11) is 2.01. The number of rotatable bonds is 3. The summed E-state index contributed by atoms with van der Waals surface area (Å²) >= 11 is 0. The first kappa shape index (κ1) is 12.9. The van der Waals surface area contributed by atoms with Crippen LogP contribution in [-0.2, 0) is 0 Å². The molecule has 98 valence electrons. The van der Waals surface area contributed by atoms with Crippen LogP contribution in [0.25, 0.3) is 0 Å². The summed E-state index contributed by atoms with van der Waals surface area (Å²) in [6.07, 6.45) is 2.42. The van der Waals surface area contributed by atoms with Gasteiger partial charge in [0.2, 0.25) is 5.91 Å². The summed E-state index contributed by atoms with van der Waals surface area (Å²) < 4.78 is 0. The summed E-state index contributed by atoms with van der Waals surface area (Å²) in [6.45, 7) is 4.13. The van der Waals surface area contributed by atoms with Crippen LogP contribution in [0.15, 0.2) is 18.2 Å². The monoisotopic (exact) mass is 247 g/mol. The van der Waals surface area contributed by atoms with Gasteiger partial charge in [-0.1, -0.05) is 0 Å². The highest BCUT2D eigenvalue weighted by atomic mass is 16.1. The van der Waals surface area contributed by atoms with E-state index in [0.29, 0.717) is 11.6 Å². The molecule has 1 heterocycles. The normalized spacial score (nSPS) is 19.9. The number of primary amides is 1. The lowest BCUT2D eigenvalue weighted by Gasteiger charge is -2.35. The fourth-order valence-electron chi connectivity index (χ4n) is 2.60. The van der Waals surface area contributed by atoms with Crippen LogP contribution < -0.4 is 16.0 Å². The third kappa shape index (κ3) is 2.64. The molecule has 18 heavy (non-hydrogen) atoms. The van der Waals surface area contributed by atoms with E-state index in [1.165, 1.54) is 18.5 Å². The van der Waals surface area contributed by atoms with Crippen molar-refractivity contribution in [3.8, 4) is 0 Å². The Morgan fingerprint density at radius 2 is 2.28 bits per heavy atom. The minimum atomic E-state index is -0.364. The smallest absolute Gasteiger partial charge is 0.248 e. The fraction of sp³-hybridized carbons (Fsp3) is 0.500. The number of anilines is 1. The number of hydrogen-bond donors (Lipinski definition) is 2. The average molecular weight is 247 g/mol. The van der Waals surface area contributed by atoms with Crippen molar-refractivity contribution < 1.29 is 4.79 Å². The van der Waals surface area contributed by atoms with E-state index in [1.807, 2.05) is 32.2 Å². The molecule has 0 spiro atoms. The van der Waals surface area contributed by atoms with Crippen LogP contribution in [0.1, 0.15) is 28.8 Å². The Kier molecular flexibility index (Phi) is 3.87. The van der Waals surface area contributed by atoms with Crippen LogP contribution in [0.3, 0.4) is 0 Å². The lowest BCUT2D eigenvalue weighted by Crippen LogP contribution is -2.44. The van der Waals surface area contributed by atoms with Gasteiger partial charge >= 0.3 is 0 Å². The van der Waals surface area contributed by atoms with Crippen molar-refractivity contribution in [2.75, 3.05) is 25.0 Å². The van der Waals surface area contributed by atoms with Crippen LogP contribution >= 0.6 is 0 Å². The van der Waals surface area contributed by atoms with E-state index in [0.717, 1.165) is 18.7 Å². The zero-order valence-electron chi connectivity index (χ0n) is 11.1. The molecule has 2 rings (SSSR count). The van der Waals surface area contributed by atoms with Crippen molar-refractivity contribution in [3.05, 3.63) is 29.3 Å². The zero-order valence-corrected chi connectivity index (χ0v) is 11.1. The van der Waals surface area contributed by atoms with Gasteiger partial charge in [-0.15, -0.1) is 0 Å². The van der Waals surface area contributed by atoms with Gasteiger partial charge in [-0.25, -0.2) is 0 Å². The van der Waals surface area contributed by atoms with Crippen molar-refractivity contribution in [2.45, 2.75) is 25.8 Å². The maximum atomic E-state index is 11.1. The summed E-state index contributed by atoms with van der Waals surface area (Å²) in [5, 5.41) is 3.34. The lowest BCUT2D eigenvalue weighted by atomic mass is 10.0. The molecule has 1 amide bonds. The minimum Gasteiger partial charge on any atom is -0.370 e. The Balaban J connectivity index is 2.20. The number of aryl methyl sites for hydroxylation is 1. The molecule has 4 heteroatoms. The Bertz CT molecular complexity index is 445. The van der Waals surface area contributed by atoms with Crippen LogP contribution in [0.5, 0.6) is 0 Å². The summed E-state index contributed by atoms with van der Waals surface area (Å²) in [5.41, 5.74) is 8.20. The van der Waals surface area contributed by atoms with Gasteiger partial charge in [0.05, 0.1) is 0 Å². The van der Waals surface area contributed by atoms with E-state index in [1.54, 1.807) is 0 Å². The second-order valence-electron chi connectivity index (χ2n) is 4.94. The Morgan fingerprint density at radius 3 is 2.89 bits per heavy atom. The highest BCUT2D eigenvalue weighted by molar-refractivity contribution is 5.93. The maximum Gasteiger partial charge on any atom is 0.248 e. The fourth-order valence-corrected chi connectivity index (χ4v) is 2.60. The first-order valence-corrected chi connectivity index (χ1v) is 6.44. The number of nitrogens with two attached hydrogens (primary N) is 1. The minimum absolute atomic E-state index is 0.364. The molecule has 0 radical (unpaired) electrons. The number of hydrogen-bond acceptors (Lipinski definition) is 3. The molecular weight excluding hydrogens is 226 g/mol. The first-order chi connectivity index (χ1) is 8.61. The molecule has 1 aliphatic heterocycles. The average Bonchev–Trinajstić information content (AvgIpc) is 2.38. The number of piperidine rings is 1. The van der Waals surface area contributed by atoms with Gasteiger partial charge in [-0.3, -0.25) is 4.79 Å². The van der Waals surface area contributed by atoms with E-state index in [4.69, 9.17) is 5.73 Å². The SMILES string of the molecule is CNC1CCCN(c2ccc(C(N)=O)cc2C)C1. The molecular formula is C14H21N3O. The standard InChI is InChI=1S/C14H21N3O/c1-10-8-11(14(15)18)5-6-13(10)17-7-3-4-12(9-17)16-2/h5-6,8,12,16H,3-4,7,9H2,1-2H3,(H2,15,18). The molecule has 1 aliphatic rings. The molecule has 1 saturated heterocycles. The van der Waals surface area contributed by atoms with E-state index in [2.05, 4.69) is 10.2 Å². The Morgan fingerprint density at radius 1 is 1.50 bits per heavy atom. The predicted molar refractivity (Wildman–Crippen MR) is 74.0 cm³/mol. The van der Waals surface area contributed by atoms with E-state index in [9.17, 15) is 4.79 Å². The molecule has 0 aliphatic carbocycles. The van der Waals surface area contributed by atoms with Crippen molar-refractivity contribution in [2.24, 2.45) is 5.73 Å². The number of benzene rings is 1. The summed E-state index contributed by atoms with van der Waals surface area (Å²) in [4.78, 5) is 13.5. The molecule has 4 nitrogen and oxygen atoms in total. The first-order valence-electron chi connectivity index (χ1n) is 6.44. The largest absolute Gasteiger partial charge is 0.370 e. The van der Waals surface area contributed by atoms with Crippen molar-refractivity contribution in [3.63, 3.8) is 0 Å². The van der Waals surface area contributed by atoms with Crippen LogP contribution in [-0.4, -0.2) is 32.1 Å². The second kappa shape index (κ2) is 5.40. The van der Waals surface area contributed by atoms with Crippen molar-refractivity contribution in [1.29, 1.82) is 0 Å². The molecule has 0 saturated carbocycles. The quantitative estimate of drug-likeness (QED) is 0.846. The van der Waals surface area contributed by atoms with Gasteiger partial charge in [0.25, 0.3) is 0 Å². The third-order valence-electron chi connectivity index (χ3n) is 3.65. The van der Waals surface area contributed by atoms with E-state index >= 15 is 0 Å². The van der Waals surface area contributed by atoms with Gasteiger partial charge in [0, 0.05) is 30.4 Å². The summed E-state index contributed by atoms with van der Waals surface area (Å²) in [5.74, 6) is -0.364. The molecule has 1 aromatic carbocycles. The number of likely N-dealkylation sites (N-methyl/N-ethyl adjacent to an activating group) is 1. The highest BCUT2D eigenvalue weighted by Crippen LogP contribution is 2.24. The Hall–Kier alpha value is -1.55. The number of carbonyl (C=O) groups excluding carboxylic acids is 1. The van der Waals surface area contributed by atoms with Gasteiger partial charge < -0.3 is 16.0 Å². The maximum absolute atomic E-state index is 11.1. The van der Waals surface area contributed by atoms with Gasteiger partial charge in [-0.05, 0) is 50.6 Å². The van der Waals surface area contributed by atoms with Gasteiger partial charge in [0.15, 0.2) is 0 Å². The van der Waals surface area contributed by atoms with E-state index in [-0.39, 0.29) is 5.91 Å². The third-order valence-corrected chi connectivity index (χ3v) is 3.65. The van der Waals surface area contributed by atoms with Crippen molar-refractivity contribution >= 4 is 11.6 Å². The molecule has 0 aromatic heterocycles. The second-order valence-corrected chi connectivity index (χ2v) is 4.94. The molecule has 1 fully saturated rings. The Labute approximate surface area is 108 Å². The lowest BCUT2D eigenvalue weighted by molar-refractivity contribution is 0.1000. The van der Waals surface area contributed by atoms with Crippen LogP contribution in [0.4, 0.5) is 5.69 Å². The van der Waals surface area contributed by atoms with E-state index < -0.39 is 0 Å². The topological polar surface area (TPSA) is 58.4 Å². The number of amides is 1. The molecule has 1 aromatic rings. The predicted octanol–water partition coefficient (Wildman–Crippen LogP) is 1.28. The molecule has 1 unspecified atom stereocenters. The van der Waals surface area contributed by atoms with Crippen LogP contribution in [0, 0.1) is 6.92 Å². The summed E-state index contributed by atoms with van der Waals surface area (Å²) in [6, 6.07) is 6.25. The number of nitrogens with one attached hydrogen (secondary N) is 1. The van der Waals surface area contributed by atoms with Gasteiger partial charge in [-0.2, -0.15) is 0 Å². The van der Waals surface area contributed by atoms with Crippen LogP contribution in [0.2, 0.25) is 0 Å². The molecule has 3 N–H and O–H groups in total.